The van der Waals surface area contributed by atoms with Crippen LogP contribution in [0.2, 0.25) is 5.02 Å². The molecule has 1 amide bonds. The number of nitrogens with one attached hydrogen (secondary N) is 1. The Bertz CT molecular complexity index is 596. The van der Waals surface area contributed by atoms with Crippen LogP contribution >= 0.6 is 27.5 Å². The first-order valence-electron chi connectivity index (χ1n) is 5.85. The van der Waals surface area contributed by atoms with E-state index in [2.05, 4.69) is 21.2 Å². The van der Waals surface area contributed by atoms with E-state index in [1.54, 1.807) is 12.1 Å². The third-order valence-electron chi connectivity index (χ3n) is 2.68. The molecule has 19 heavy (non-hydrogen) atoms. The second-order valence-corrected chi connectivity index (χ2v) is 5.63. The fourth-order valence-electron chi connectivity index (χ4n) is 1.70. The highest BCUT2D eigenvalue weighted by atomic mass is 79.9. The number of carbonyl (C=O) groups excluding carboxylic acids is 1. The molecular weight excluding hydrogens is 326 g/mol. The second-order valence-electron chi connectivity index (χ2n) is 4.33. The first kappa shape index (κ1) is 14.1. The molecule has 0 aliphatic rings. The van der Waals surface area contributed by atoms with Gasteiger partial charge in [0.2, 0.25) is 5.91 Å². The van der Waals surface area contributed by atoms with Gasteiger partial charge in [0, 0.05) is 9.50 Å². The zero-order chi connectivity index (χ0) is 13.8. The van der Waals surface area contributed by atoms with Gasteiger partial charge in [-0.05, 0) is 58.2 Å². The van der Waals surface area contributed by atoms with Crippen molar-refractivity contribution in [1.29, 1.82) is 0 Å². The summed E-state index contributed by atoms with van der Waals surface area (Å²) in [4.78, 5) is 11.9. The number of amides is 1. The van der Waals surface area contributed by atoms with E-state index >= 15 is 0 Å². The van der Waals surface area contributed by atoms with Gasteiger partial charge < -0.3 is 5.32 Å². The summed E-state index contributed by atoms with van der Waals surface area (Å²) in [5, 5.41) is 3.55. The summed E-state index contributed by atoms with van der Waals surface area (Å²) in [6.45, 7) is 2.00. The van der Waals surface area contributed by atoms with E-state index in [1.807, 2.05) is 37.3 Å². The normalized spacial score (nSPS) is 10.3. The zero-order valence-electron chi connectivity index (χ0n) is 10.4. The van der Waals surface area contributed by atoms with Crippen molar-refractivity contribution in [3.05, 3.63) is 63.1 Å². The number of benzene rings is 2. The van der Waals surface area contributed by atoms with Crippen LogP contribution in [0, 0.1) is 6.92 Å². The molecule has 2 rings (SSSR count). The number of hydrogen-bond donors (Lipinski definition) is 1. The molecule has 0 fully saturated rings. The van der Waals surface area contributed by atoms with Gasteiger partial charge in [-0.1, -0.05) is 29.8 Å². The number of anilines is 1. The maximum absolute atomic E-state index is 11.9. The van der Waals surface area contributed by atoms with Gasteiger partial charge in [-0.3, -0.25) is 4.79 Å². The molecule has 0 bridgehead atoms. The molecule has 2 aromatic rings. The molecule has 4 heteroatoms. The Kier molecular flexibility index (Phi) is 4.61. The Morgan fingerprint density at radius 2 is 1.89 bits per heavy atom. The van der Waals surface area contributed by atoms with Crippen molar-refractivity contribution in [2.75, 3.05) is 5.32 Å². The maximum Gasteiger partial charge on any atom is 0.228 e. The SMILES string of the molecule is Cc1ccc(NC(=O)Cc2ccc(Cl)cc2)c(Br)c1. The van der Waals surface area contributed by atoms with Crippen LogP contribution in [0.4, 0.5) is 5.69 Å². The van der Waals surface area contributed by atoms with Crippen molar-refractivity contribution in [2.45, 2.75) is 13.3 Å². The fourth-order valence-corrected chi connectivity index (χ4v) is 2.42. The molecule has 0 spiro atoms. The predicted octanol–water partition coefficient (Wildman–Crippen LogP) is 4.59. The highest BCUT2D eigenvalue weighted by Crippen LogP contribution is 2.23. The lowest BCUT2D eigenvalue weighted by atomic mass is 10.1. The predicted molar refractivity (Wildman–Crippen MR) is 82.7 cm³/mol. The summed E-state index contributed by atoms with van der Waals surface area (Å²) in [5.41, 5.74) is 2.86. The number of carbonyl (C=O) groups is 1. The quantitative estimate of drug-likeness (QED) is 0.871. The lowest BCUT2D eigenvalue weighted by Crippen LogP contribution is -2.14. The van der Waals surface area contributed by atoms with E-state index in [1.165, 1.54) is 0 Å². The molecule has 0 saturated carbocycles. The summed E-state index contributed by atoms with van der Waals surface area (Å²) in [6, 6.07) is 13.1. The zero-order valence-corrected chi connectivity index (χ0v) is 12.8. The van der Waals surface area contributed by atoms with Gasteiger partial charge in [-0.2, -0.15) is 0 Å². The molecule has 98 valence electrons. The van der Waals surface area contributed by atoms with Crippen molar-refractivity contribution in [3.63, 3.8) is 0 Å². The van der Waals surface area contributed by atoms with E-state index in [0.717, 1.165) is 21.3 Å². The van der Waals surface area contributed by atoms with Crippen molar-refractivity contribution in [3.8, 4) is 0 Å². The molecule has 0 heterocycles. The number of aryl methyl sites for hydroxylation is 1. The third kappa shape index (κ3) is 4.08. The summed E-state index contributed by atoms with van der Waals surface area (Å²) in [7, 11) is 0. The largest absolute Gasteiger partial charge is 0.325 e. The van der Waals surface area contributed by atoms with Gasteiger partial charge in [0.15, 0.2) is 0 Å². The van der Waals surface area contributed by atoms with Crippen molar-refractivity contribution >= 4 is 39.1 Å². The molecule has 2 aromatic carbocycles. The Hall–Kier alpha value is -1.32. The van der Waals surface area contributed by atoms with Crippen LogP contribution in [-0.4, -0.2) is 5.91 Å². The Labute approximate surface area is 125 Å². The van der Waals surface area contributed by atoms with E-state index in [4.69, 9.17) is 11.6 Å². The lowest BCUT2D eigenvalue weighted by molar-refractivity contribution is -0.115. The molecular formula is C15H13BrClNO. The molecule has 0 aliphatic heterocycles. The van der Waals surface area contributed by atoms with E-state index in [-0.39, 0.29) is 5.91 Å². The molecule has 2 nitrogen and oxygen atoms in total. The van der Waals surface area contributed by atoms with Crippen LogP contribution in [0.3, 0.4) is 0 Å². The standard InChI is InChI=1S/C15H13BrClNO/c1-10-2-7-14(13(16)8-10)18-15(19)9-11-3-5-12(17)6-4-11/h2-8H,9H2,1H3,(H,18,19). The summed E-state index contributed by atoms with van der Waals surface area (Å²) in [5.74, 6) is -0.0492. The number of halogens is 2. The number of rotatable bonds is 3. The first-order chi connectivity index (χ1) is 9.04. The van der Waals surface area contributed by atoms with E-state index in [9.17, 15) is 4.79 Å². The lowest BCUT2D eigenvalue weighted by Gasteiger charge is -2.08. The molecule has 0 saturated heterocycles. The summed E-state index contributed by atoms with van der Waals surface area (Å²) >= 11 is 9.25. The van der Waals surface area contributed by atoms with Crippen molar-refractivity contribution in [1.82, 2.24) is 0 Å². The van der Waals surface area contributed by atoms with Crippen molar-refractivity contribution in [2.24, 2.45) is 0 Å². The van der Waals surface area contributed by atoms with Gasteiger partial charge in [0.05, 0.1) is 12.1 Å². The van der Waals surface area contributed by atoms with Gasteiger partial charge in [-0.15, -0.1) is 0 Å². The average molecular weight is 339 g/mol. The molecule has 1 N–H and O–H groups in total. The molecule has 0 atom stereocenters. The average Bonchev–Trinajstić information content (AvgIpc) is 2.36. The highest BCUT2D eigenvalue weighted by molar-refractivity contribution is 9.10. The molecule has 0 unspecified atom stereocenters. The van der Waals surface area contributed by atoms with Crippen LogP contribution in [-0.2, 0) is 11.2 Å². The second kappa shape index (κ2) is 6.22. The van der Waals surface area contributed by atoms with Gasteiger partial charge >= 0.3 is 0 Å². The smallest absolute Gasteiger partial charge is 0.228 e. The van der Waals surface area contributed by atoms with Crippen LogP contribution in [0.1, 0.15) is 11.1 Å². The van der Waals surface area contributed by atoms with Crippen molar-refractivity contribution < 1.29 is 4.79 Å². The van der Waals surface area contributed by atoms with Crippen LogP contribution < -0.4 is 5.32 Å². The highest BCUT2D eigenvalue weighted by Gasteiger charge is 2.06. The molecule has 0 radical (unpaired) electrons. The monoisotopic (exact) mass is 337 g/mol. The molecule has 0 aromatic heterocycles. The third-order valence-corrected chi connectivity index (χ3v) is 3.58. The first-order valence-corrected chi connectivity index (χ1v) is 7.02. The van der Waals surface area contributed by atoms with Gasteiger partial charge in [-0.25, -0.2) is 0 Å². The topological polar surface area (TPSA) is 29.1 Å². The minimum atomic E-state index is -0.0492. The van der Waals surface area contributed by atoms with Crippen LogP contribution in [0.5, 0.6) is 0 Å². The van der Waals surface area contributed by atoms with Crippen LogP contribution in [0.25, 0.3) is 0 Å². The Morgan fingerprint density at radius 1 is 1.21 bits per heavy atom. The van der Waals surface area contributed by atoms with Gasteiger partial charge in [0.1, 0.15) is 0 Å². The van der Waals surface area contributed by atoms with E-state index < -0.39 is 0 Å². The fraction of sp³-hybridized carbons (Fsp3) is 0.133. The summed E-state index contributed by atoms with van der Waals surface area (Å²) < 4.78 is 0.886. The minimum absolute atomic E-state index is 0.0492. The Morgan fingerprint density at radius 3 is 2.53 bits per heavy atom. The molecule has 0 aliphatic carbocycles. The summed E-state index contributed by atoms with van der Waals surface area (Å²) in [6.07, 6.45) is 0.331. The van der Waals surface area contributed by atoms with Gasteiger partial charge in [0.25, 0.3) is 0 Å². The van der Waals surface area contributed by atoms with E-state index in [0.29, 0.717) is 11.4 Å². The maximum atomic E-state index is 11.9. The minimum Gasteiger partial charge on any atom is -0.325 e. The number of hydrogen-bond acceptors (Lipinski definition) is 1. The van der Waals surface area contributed by atoms with Crippen LogP contribution in [0.15, 0.2) is 46.9 Å². The Balaban J connectivity index is 2.03.